The predicted molar refractivity (Wildman–Crippen MR) is 121 cm³/mol. The molecule has 0 fully saturated rings. The molecule has 4 rings (SSSR count). The van der Waals surface area contributed by atoms with Crippen LogP contribution in [-0.2, 0) is 4.79 Å². The molecule has 0 aliphatic carbocycles. The van der Waals surface area contributed by atoms with Crippen molar-refractivity contribution in [3.05, 3.63) is 71.4 Å². The van der Waals surface area contributed by atoms with Gasteiger partial charge in [-0.3, -0.25) is 9.20 Å². The lowest BCUT2D eigenvalue weighted by atomic mass is 10.1. The fourth-order valence-electron chi connectivity index (χ4n) is 3.38. The van der Waals surface area contributed by atoms with Crippen LogP contribution in [0.5, 0.6) is 11.5 Å². The third kappa shape index (κ3) is 4.00. The maximum absolute atomic E-state index is 11.3. The number of methoxy groups -OCH3 is 1. The van der Waals surface area contributed by atoms with Crippen LogP contribution in [0.25, 0.3) is 16.9 Å². The van der Waals surface area contributed by atoms with Crippen LogP contribution in [0, 0.1) is 6.92 Å². The highest BCUT2D eigenvalue weighted by atomic mass is 35.5. The van der Waals surface area contributed by atoms with E-state index in [0.29, 0.717) is 33.6 Å². The molecule has 2 aromatic carbocycles. The molecule has 0 saturated carbocycles. The minimum Gasteiger partial charge on any atom is -0.496 e. The molecule has 3 N–H and O–H groups in total. The van der Waals surface area contributed by atoms with E-state index in [-0.39, 0.29) is 6.61 Å². The van der Waals surface area contributed by atoms with E-state index >= 15 is 0 Å². The number of nitrogens with two attached hydrogens (primary N) is 1. The first kappa shape index (κ1) is 20.6. The predicted octanol–water partition coefficient (Wildman–Crippen LogP) is 4.58. The number of fused-ring (bicyclic) bond motifs is 1. The number of ether oxygens (including phenoxy) is 2. The van der Waals surface area contributed by atoms with Crippen LogP contribution in [0.15, 0.2) is 60.8 Å². The molecular weight excluding hydrogens is 416 g/mol. The van der Waals surface area contributed by atoms with Gasteiger partial charge in [0.25, 0.3) is 5.91 Å². The van der Waals surface area contributed by atoms with E-state index in [9.17, 15) is 4.79 Å². The second-order valence-electron chi connectivity index (χ2n) is 6.88. The number of imidazole rings is 1. The molecule has 0 unspecified atom stereocenters. The molecule has 0 radical (unpaired) electrons. The molecule has 0 saturated heterocycles. The molecular formula is C23H21ClN4O3. The van der Waals surface area contributed by atoms with Crippen molar-refractivity contribution in [3.8, 4) is 22.8 Å². The van der Waals surface area contributed by atoms with Gasteiger partial charge in [-0.25, -0.2) is 4.98 Å². The fourth-order valence-corrected chi connectivity index (χ4v) is 3.65. The number of hydrogen-bond donors (Lipinski definition) is 2. The summed E-state index contributed by atoms with van der Waals surface area (Å²) in [6.45, 7) is 1.71. The van der Waals surface area contributed by atoms with E-state index in [1.807, 2.05) is 53.9 Å². The minimum absolute atomic E-state index is 0.264. The SMILES string of the molecule is COc1cccc(OCC(N)=O)c1-c1nc2ccccn2c1Nc1c(C)cccc1Cl. The fraction of sp³-hybridized carbons (Fsp3) is 0.130. The van der Waals surface area contributed by atoms with E-state index in [2.05, 4.69) is 5.32 Å². The highest BCUT2D eigenvalue weighted by Crippen LogP contribution is 2.43. The van der Waals surface area contributed by atoms with Crippen molar-refractivity contribution < 1.29 is 14.3 Å². The summed E-state index contributed by atoms with van der Waals surface area (Å²) in [6.07, 6.45) is 1.90. The number of benzene rings is 2. The first-order valence-electron chi connectivity index (χ1n) is 9.57. The van der Waals surface area contributed by atoms with Gasteiger partial charge in [-0.1, -0.05) is 35.9 Å². The van der Waals surface area contributed by atoms with E-state index < -0.39 is 5.91 Å². The Hall–Kier alpha value is -3.71. The zero-order valence-corrected chi connectivity index (χ0v) is 17.8. The number of carbonyl (C=O) groups is 1. The third-order valence-electron chi connectivity index (χ3n) is 4.81. The largest absolute Gasteiger partial charge is 0.496 e. The van der Waals surface area contributed by atoms with Gasteiger partial charge >= 0.3 is 0 Å². The van der Waals surface area contributed by atoms with Crippen LogP contribution >= 0.6 is 11.6 Å². The molecule has 0 atom stereocenters. The summed E-state index contributed by atoms with van der Waals surface area (Å²) in [5, 5.41) is 4.03. The Balaban J connectivity index is 1.95. The zero-order valence-electron chi connectivity index (χ0n) is 17.1. The molecule has 2 aromatic heterocycles. The molecule has 4 aromatic rings. The number of primary amides is 1. The highest BCUT2D eigenvalue weighted by molar-refractivity contribution is 6.33. The molecule has 158 valence electrons. The first-order chi connectivity index (χ1) is 15.0. The van der Waals surface area contributed by atoms with Crippen LogP contribution < -0.4 is 20.5 Å². The number of aromatic nitrogens is 2. The normalized spacial score (nSPS) is 10.8. The number of aryl methyl sites for hydroxylation is 1. The molecule has 0 aliphatic heterocycles. The number of nitrogens with zero attached hydrogens (tertiary/aromatic N) is 2. The van der Waals surface area contributed by atoms with Gasteiger partial charge in [-0.2, -0.15) is 0 Å². The summed E-state index contributed by atoms with van der Waals surface area (Å²) in [5.41, 5.74) is 8.94. The lowest BCUT2D eigenvalue weighted by Crippen LogP contribution is -2.20. The number of rotatable bonds is 7. The van der Waals surface area contributed by atoms with Crippen LogP contribution in [0.4, 0.5) is 11.5 Å². The summed E-state index contributed by atoms with van der Waals surface area (Å²) in [6, 6.07) is 16.7. The number of hydrogen-bond acceptors (Lipinski definition) is 5. The summed E-state index contributed by atoms with van der Waals surface area (Å²) in [7, 11) is 1.57. The number of anilines is 2. The summed E-state index contributed by atoms with van der Waals surface area (Å²) >= 11 is 6.48. The van der Waals surface area contributed by atoms with Gasteiger partial charge in [-0.05, 0) is 42.8 Å². The van der Waals surface area contributed by atoms with Crippen molar-refractivity contribution in [2.45, 2.75) is 6.92 Å². The number of carbonyl (C=O) groups excluding carboxylic acids is 1. The van der Waals surface area contributed by atoms with Crippen LogP contribution in [0.2, 0.25) is 5.02 Å². The number of para-hydroxylation sites is 1. The van der Waals surface area contributed by atoms with Gasteiger partial charge in [-0.15, -0.1) is 0 Å². The lowest BCUT2D eigenvalue weighted by Gasteiger charge is -2.16. The smallest absolute Gasteiger partial charge is 0.255 e. The Morgan fingerprint density at radius 1 is 1.13 bits per heavy atom. The Labute approximate surface area is 184 Å². The molecule has 0 bridgehead atoms. The van der Waals surface area contributed by atoms with Crippen molar-refractivity contribution in [1.82, 2.24) is 9.38 Å². The van der Waals surface area contributed by atoms with Crippen molar-refractivity contribution in [3.63, 3.8) is 0 Å². The van der Waals surface area contributed by atoms with Gasteiger partial charge in [0.1, 0.15) is 28.7 Å². The summed E-state index contributed by atoms with van der Waals surface area (Å²) < 4.78 is 13.2. The van der Waals surface area contributed by atoms with E-state index in [1.165, 1.54) is 0 Å². The van der Waals surface area contributed by atoms with Crippen molar-refractivity contribution in [2.24, 2.45) is 5.73 Å². The van der Waals surface area contributed by atoms with Gasteiger partial charge in [0.2, 0.25) is 0 Å². The summed E-state index contributed by atoms with van der Waals surface area (Å²) in [4.78, 5) is 16.1. The van der Waals surface area contributed by atoms with E-state index in [0.717, 1.165) is 16.9 Å². The lowest BCUT2D eigenvalue weighted by molar-refractivity contribution is -0.119. The second-order valence-corrected chi connectivity index (χ2v) is 7.29. The van der Waals surface area contributed by atoms with Crippen LogP contribution in [0.3, 0.4) is 0 Å². The van der Waals surface area contributed by atoms with Crippen molar-refractivity contribution >= 4 is 34.7 Å². The van der Waals surface area contributed by atoms with Gasteiger partial charge in [0.05, 0.1) is 23.4 Å². The molecule has 31 heavy (non-hydrogen) atoms. The number of amides is 1. The number of halogens is 1. The second kappa shape index (κ2) is 8.57. The molecule has 8 heteroatoms. The summed E-state index contributed by atoms with van der Waals surface area (Å²) in [5.74, 6) is 1.08. The van der Waals surface area contributed by atoms with Crippen LogP contribution in [-0.4, -0.2) is 29.0 Å². The van der Waals surface area contributed by atoms with Gasteiger partial charge < -0.3 is 20.5 Å². The Morgan fingerprint density at radius 3 is 2.65 bits per heavy atom. The number of nitrogens with one attached hydrogen (secondary N) is 1. The van der Waals surface area contributed by atoms with Crippen molar-refractivity contribution in [2.75, 3.05) is 19.0 Å². The average Bonchev–Trinajstić information content (AvgIpc) is 3.12. The zero-order chi connectivity index (χ0) is 22.0. The topological polar surface area (TPSA) is 90.9 Å². The highest BCUT2D eigenvalue weighted by Gasteiger charge is 2.23. The molecule has 7 nitrogen and oxygen atoms in total. The van der Waals surface area contributed by atoms with E-state index in [4.69, 9.17) is 31.8 Å². The third-order valence-corrected chi connectivity index (χ3v) is 5.12. The standard InChI is InChI=1S/C23H21ClN4O3/c1-14-7-5-8-15(24)21(14)27-23-22(26-19-11-3-4-12-28(19)23)20-16(30-2)9-6-10-17(20)31-13-18(25)29/h3-12,27H,13H2,1-2H3,(H2,25,29). The quantitative estimate of drug-likeness (QED) is 0.442. The molecule has 0 aliphatic rings. The van der Waals surface area contributed by atoms with E-state index in [1.54, 1.807) is 25.3 Å². The minimum atomic E-state index is -0.575. The maximum Gasteiger partial charge on any atom is 0.255 e. The van der Waals surface area contributed by atoms with Gasteiger partial charge in [0.15, 0.2) is 6.61 Å². The Bertz CT molecular complexity index is 1250. The molecule has 0 spiro atoms. The maximum atomic E-state index is 11.3. The molecule has 2 heterocycles. The van der Waals surface area contributed by atoms with Crippen molar-refractivity contribution in [1.29, 1.82) is 0 Å². The van der Waals surface area contributed by atoms with Gasteiger partial charge in [0, 0.05) is 6.20 Å². The average molecular weight is 437 g/mol. The number of pyridine rings is 1. The van der Waals surface area contributed by atoms with Crippen LogP contribution in [0.1, 0.15) is 5.56 Å². The molecule has 1 amide bonds. The Morgan fingerprint density at radius 2 is 1.90 bits per heavy atom. The monoisotopic (exact) mass is 436 g/mol. The first-order valence-corrected chi connectivity index (χ1v) is 9.95. The Kier molecular flexibility index (Phi) is 5.68.